The minimum Gasteiger partial charge on any atom is -0.382 e. The summed E-state index contributed by atoms with van der Waals surface area (Å²) in [6.45, 7) is 10.3. The standard InChI is InChI=1S/C20H36N4O2S/c1-3-21-20(22-9-5-12-26-14-13-25-2)23-16-18-7-10-24(11-8-18)17-19-6-4-15-27-19/h4,6,15,18H,3,5,7-14,16-17H2,1-2H3,(H2,21,22,23). The highest BCUT2D eigenvalue weighted by Gasteiger charge is 2.19. The van der Waals surface area contributed by atoms with Crippen LogP contribution in [-0.2, 0) is 16.0 Å². The van der Waals surface area contributed by atoms with E-state index in [4.69, 9.17) is 14.5 Å². The number of aliphatic imine (C=N–C) groups is 1. The molecule has 1 aromatic rings. The quantitative estimate of drug-likeness (QED) is 0.323. The number of hydrogen-bond donors (Lipinski definition) is 2. The van der Waals surface area contributed by atoms with Crippen molar-refractivity contribution in [3.05, 3.63) is 22.4 Å². The predicted octanol–water partition coefficient (Wildman–Crippen LogP) is 2.57. The van der Waals surface area contributed by atoms with Gasteiger partial charge in [0.05, 0.1) is 13.2 Å². The van der Waals surface area contributed by atoms with E-state index >= 15 is 0 Å². The van der Waals surface area contributed by atoms with Gasteiger partial charge in [0.1, 0.15) is 0 Å². The summed E-state index contributed by atoms with van der Waals surface area (Å²) in [5.41, 5.74) is 0. The highest BCUT2D eigenvalue weighted by Crippen LogP contribution is 2.20. The monoisotopic (exact) mass is 396 g/mol. The van der Waals surface area contributed by atoms with Gasteiger partial charge >= 0.3 is 0 Å². The zero-order chi connectivity index (χ0) is 19.2. The molecule has 0 spiro atoms. The Morgan fingerprint density at radius 1 is 1.26 bits per heavy atom. The summed E-state index contributed by atoms with van der Waals surface area (Å²) >= 11 is 1.86. The number of nitrogens with one attached hydrogen (secondary N) is 2. The number of thiophene rings is 1. The zero-order valence-electron chi connectivity index (χ0n) is 16.9. The second-order valence-corrected chi connectivity index (χ2v) is 7.94. The molecule has 1 saturated heterocycles. The first kappa shape index (κ1) is 22.1. The minimum atomic E-state index is 0.656. The summed E-state index contributed by atoms with van der Waals surface area (Å²) < 4.78 is 10.5. The first-order chi connectivity index (χ1) is 13.3. The fourth-order valence-corrected chi connectivity index (χ4v) is 3.88. The van der Waals surface area contributed by atoms with Crippen molar-refractivity contribution in [1.82, 2.24) is 15.5 Å². The number of methoxy groups -OCH3 is 1. The third-order valence-electron chi connectivity index (χ3n) is 4.71. The third kappa shape index (κ3) is 9.55. The Hall–Kier alpha value is -1.15. The Balaban J connectivity index is 1.61. The van der Waals surface area contributed by atoms with Crippen LogP contribution in [0.15, 0.2) is 22.5 Å². The van der Waals surface area contributed by atoms with Crippen molar-refractivity contribution < 1.29 is 9.47 Å². The molecular weight excluding hydrogens is 360 g/mol. The van der Waals surface area contributed by atoms with Gasteiger partial charge in [0.2, 0.25) is 0 Å². The maximum Gasteiger partial charge on any atom is 0.191 e. The topological polar surface area (TPSA) is 58.1 Å². The van der Waals surface area contributed by atoms with Crippen LogP contribution in [-0.4, -0.2) is 70.5 Å². The van der Waals surface area contributed by atoms with Crippen molar-refractivity contribution >= 4 is 17.3 Å². The molecule has 0 amide bonds. The van der Waals surface area contributed by atoms with E-state index in [-0.39, 0.29) is 0 Å². The molecule has 2 rings (SSSR count). The van der Waals surface area contributed by atoms with Crippen LogP contribution < -0.4 is 10.6 Å². The smallest absolute Gasteiger partial charge is 0.191 e. The summed E-state index contributed by atoms with van der Waals surface area (Å²) in [7, 11) is 1.69. The molecule has 0 atom stereocenters. The van der Waals surface area contributed by atoms with Gasteiger partial charge in [-0.1, -0.05) is 6.07 Å². The lowest BCUT2D eigenvalue weighted by atomic mass is 9.97. The van der Waals surface area contributed by atoms with Gasteiger partial charge in [-0.2, -0.15) is 0 Å². The molecule has 0 radical (unpaired) electrons. The van der Waals surface area contributed by atoms with Crippen molar-refractivity contribution in [1.29, 1.82) is 0 Å². The Bertz CT molecular complexity index is 502. The molecule has 0 bridgehead atoms. The van der Waals surface area contributed by atoms with E-state index in [9.17, 15) is 0 Å². The van der Waals surface area contributed by atoms with E-state index in [1.165, 1.54) is 30.8 Å². The van der Waals surface area contributed by atoms with E-state index in [0.29, 0.717) is 19.1 Å². The van der Waals surface area contributed by atoms with Gasteiger partial charge in [-0.3, -0.25) is 9.89 Å². The lowest BCUT2D eigenvalue weighted by molar-refractivity contribution is 0.0698. The molecule has 6 nitrogen and oxygen atoms in total. The first-order valence-corrected chi connectivity index (χ1v) is 11.0. The molecule has 1 aliphatic rings. The number of piperidine rings is 1. The molecule has 1 aromatic heterocycles. The van der Waals surface area contributed by atoms with Crippen LogP contribution >= 0.6 is 11.3 Å². The molecule has 2 N–H and O–H groups in total. The zero-order valence-corrected chi connectivity index (χ0v) is 17.7. The molecule has 1 fully saturated rings. The molecule has 1 aliphatic heterocycles. The fraction of sp³-hybridized carbons (Fsp3) is 0.750. The van der Waals surface area contributed by atoms with E-state index in [2.05, 4.69) is 40.0 Å². The van der Waals surface area contributed by atoms with Gasteiger partial charge in [-0.05, 0) is 56.6 Å². The summed E-state index contributed by atoms with van der Waals surface area (Å²) in [5, 5.41) is 8.91. The van der Waals surface area contributed by atoms with Crippen LogP contribution in [0.5, 0.6) is 0 Å². The van der Waals surface area contributed by atoms with Crippen LogP contribution in [0.3, 0.4) is 0 Å². The average Bonchev–Trinajstić information content (AvgIpc) is 3.19. The lowest BCUT2D eigenvalue weighted by Gasteiger charge is -2.31. The van der Waals surface area contributed by atoms with Gasteiger partial charge in [0.25, 0.3) is 0 Å². The second kappa shape index (κ2) is 13.9. The SMILES string of the molecule is CCNC(=NCC1CCN(Cc2cccs2)CC1)NCCCOCCOC. The first-order valence-electron chi connectivity index (χ1n) is 10.2. The van der Waals surface area contributed by atoms with Crippen LogP contribution in [0.25, 0.3) is 0 Å². The molecule has 0 aromatic carbocycles. The van der Waals surface area contributed by atoms with Crippen molar-refractivity contribution in [2.45, 2.75) is 32.7 Å². The van der Waals surface area contributed by atoms with Crippen LogP contribution in [0.4, 0.5) is 0 Å². The minimum absolute atomic E-state index is 0.656. The average molecular weight is 397 g/mol. The molecule has 0 saturated carbocycles. The molecule has 154 valence electrons. The molecule has 0 unspecified atom stereocenters. The van der Waals surface area contributed by atoms with Crippen LogP contribution in [0.2, 0.25) is 0 Å². The van der Waals surface area contributed by atoms with Gasteiger partial charge in [-0.25, -0.2) is 0 Å². The van der Waals surface area contributed by atoms with Gasteiger partial charge in [-0.15, -0.1) is 11.3 Å². The summed E-state index contributed by atoms with van der Waals surface area (Å²) in [6, 6.07) is 4.38. The predicted molar refractivity (Wildman–Crippen MR) is 114 cm³/mol. The molecule has 0 aliphatic carbocycles. The Kier molecular flexibility index (Phi) is 11.4. The maximum absolute atomic E-state index is 5.49. The second-order valence-electron chi connectivity index (χ2n) is 6.90. The van der Waals surface area contributed by atoms with Gasteiger partial charge in [0.15, 0.2) is 5.96 Å². The van der Waals surface area contributed by atoms with E-state index < -0.39 is 0 Å². The van der Waals surface area contributed by atoms with Gasteiger partial charge in [0, 0.05) is 44.8 Å². The third-order valence-corrected chi connectivity index (χ3v) is 5.57. The number of rotatable bonds is 12. The number of guanidine groups is 1. The highest BCUT2D eigenvalue weighted by atomic mass is 32.1. The largest absolute Gasteiger partial charge is 0.382 e. The van der Waals surface area contributed by atoms with E-state index in [0.717, 1.165) is 45.2 Å². The molecule has 27 heavy (non-hydrogen) atoms. The Morgan fingerprint density at radius 2 is 2.11 bits per heavy atom. The van der Waals surface area contributed by atoms with Crippen molar-refractivity contribution in [3.8, 4) is 0 Å². The maximum atomic E-state index is 5.49. The van der Waals surface area contributed by atoms with Crippen molar-refractivity contribution in [2.75, 3.05) is 59.7 Å². The summed E-state index contributed by atoms with van der Waals surface area (Å²) in [6.07, 6.45) is 3.44. The normalized spacial score (nSPS) is 16.6. The van der Waals surface area contributed by atoms with E-state index in [1.807, 2.05) is 11.3 Å². The van der Waals surface area contributed by atoms with Gasteiger partial charge < -0.3 is 20.1 Å². The van der Waals surface area contributed by atoms with Crippen LogP contribution in [0.1, 0.15) is 31.1 Å². The number of ether oxygens (including phenoxy) is 2. The number of hydrogen-bond acceptors (Lipinski definition) is 5. The van der Waals surface area contributed by atoms with Crippen molar-refractivity contribution in [3.63, 3.8) is 0 Å². The Morgan fingerprint density at radius 3 is 2.81 bits per heavy atom. The Labute approximate surface area is 168 Å². The summed E-state index contributed by atoms with van der Waals surface area (Å²) in [5.74, 6) is 1.62. The summed E-state index contributed by atoms with van der Waals surface area (Å²) in [4.78, 5) is 8.84. The van der Waals surface area contributed by atoms with Crippen molar-refractivity contribution in [2.24, 2.45) is 10.9 Å². The highest BCUT2D eigenvalue weighted by molar-refractivity contribution is 7.09. The molecule has 7 heteroatoms. The number of likely N-dealkylation sites (tertiary alicyclic amines) is 1. The molecular formula is C20H36N4O2S. The number of nitrogens with zero attached hydrogens (tertiary/aromatic N) is 2. The lowest BCUT2D eigenvalue weighted by Crippen LogP contribution is -2.39. The van der Waals surface area contributed by atoms with Crippen LogP contribution in [0, 0.1) is 5.92 Å². The fourth-order valence-electron chi connectivity index (χ4n) is 3.14. The molecule has 2 heterocycles. The van der Waals surface area contributed by atoms with E-state index in [1.54, 1.807) is 7.11 Å².